The molecular weight excluding hydrogens is 321 g/mol. The van der Waals surface area contributed by atoms with Crippen LogP contribution in [0.4, 0.5) is 4.39 Å². The van der Waals surface area contributed by atoms with Crippen molar-refractivity contribution in [3.63, 3.8) is 0 Å². The van der Waals surface area contributed by atoms with Crippen molar-refractivity contribution in [2.24, 2.45) is 0 Å². The Morgan fingerprint density at radius 1 is 1.40 bits per heavy atom. The van der Waals surface area contributed by atoms with Gasteiger partial charge in [0.05, 0.1) is 12.1 Å². The molecule has 2 heterocycles. The number of likely N-dealkylation sites (N-methyl/N-ethyl adjacent to an activating group) is 1. The molecule has 1 aromatic carbocycles. The van der Waals surface area contributed by atoms with Crippen molar-refractivity contribution in [1.29, 1.82) is 0 Å². The number of hydrogen-bond acceptors (Lipinski definition) is 3. The summed E-state index contributed by atoms with van der Waals surface area (Å²) in [5.41, 5.74) is 0.144. The number of rotatable bonds is 3. The van der Waals surface area contributed by atoms with Crippen LogP contribution in [-0.2, 0) is 9.59 Å². The third-order valence-corrected chi connectivity index (χ3v) is 5.54. The maximum Gasteiger partial charge on any atom is 0.236 e. The Bertz CT molecular complexity index is 678. The number of amides is 2. The highest BCUT2D eigenvalue weighted by atomic mass is 19.1. The first kappa shape index (κ1) is 17.9. The summed E-state index contributed by atoms with van der Waals surface area (Å²) in [6, 6.07) is 6.52. The highest BCUT2D eigenvalue weighted by molar-refractivity contribution is 5.79. The Balaban J connectivity index is 1.99. The van der Waals surface area contributed by atoms with Gasteiger partial charge >= 0.3 is 0 Å². The molecular formula is C19H26FN3O2. The molecule has 3 rings (SSSR count). The number of carbonyl (C=O) groups excluding carboxylic acids is 2. The summed E-state index contributed by atoms with van der Waals surface area (Å²) in [5.74, 6) is -0.236. The van der Waals surface area contributed by atoms with E-state index in [1.807, 2.05) is 13.0 Å². The number of nitrogens with zero attached hydrogens (tertiary/aromatic N) is 2. The first-order valence-corrected chi connectivity index (χ1v) is 8.83. The van der Waals surface area contributed by atoms with E-state index >= 15 is 0 Å². The van der Waals surface area contributed by atoms with E-state index in [1.165, 1.54) is 6.07 Å². The normalized spacial score (nSPS) is 29.7. The quantitative estimate of drug-likeness (QED) is 0.911. The standard InChI is InChI=1S/C19H26FN3O2/c1-19-11-15(13-7-4-5-8-14(13)20)23(12-18(25)22(2)3)16(19)9-6-10-17(24)21-19/h4-5,7-8,15-16H,6,9-12H2,1-3H3,(H,21,24)/t15-,16-,19-/m0/s1. The van der Waals surface area contributed by atoms with Crippen LogP contribution in [-0.4, -0.2) is 53.8 Å². The fourth-order valence-electron chi connectivity index (χ4n) is 4.25. The summed E-state index contributed by atoms with van der Waals surface area (Å²) in [4.78, 5) is 28.1. The van der Waals surface area contributed by atoms with Gasteiger partial charge in [0.1, 0.15) is 5.82 Å². The van der Waals surface area contributed by atoms with Gasteiger partial charge in [0.25, 0.3) is 0 Å². The SMILES string of the molecule is CN(C)C(=O)CN1[C@H]2CCCC(=O)N[C@@]2(C)C[C@H]1c1ccccc1F. The smallest absolute Gasteiger partial charge is 0.236 e. The predicted molar refractivity (Wildman–Crippen MR) is 93.3 cm³/mol. The zero-order valence-corrected chi connectivity index (χ0v) is 15.1. The van der Waals surface area contributed by atoms with Gasteiger partial charge in [-0.15, -0.1) is 0 Å². The molecule has 0 unspecified atom stereocenters. The van der Waals surface area contributed by atoms with E-state index < -0.39 is 5.54 Å². The van der Waals surface area contributed by atoms with Crippen LogP contribution in [0.3, 0.4) is 0 Å². The average molecular weight is 347 g/mol. The van der Waals surface area contributed by atoms with Gasteiger partial charge in [-0.25, -0.2) is 4.39 Å². The first-order valence-electron chi connectivity index (χ1n) is 8.83. The molecule has 136 valence electrons. The van der Waals surface area contributed by atoms with Crippen molar-refractivity contribution in [3.05, 3.63) is 35.6 Å². The summed E-state index contributed by atoms with van der Waals surface area (Å²) >= 11 is 0. The van der Waals surface area contributed by atoms with Gasteiger partial charge in [0.15, 0.2) is 0 Å². The number of carbonyl (C=O) groups is 2. The summed E-state index contributed by atoms with van der Waals surface area (Å²) in [6.07, 6.45) is 2.71. The molecule has 0 bridgehead atoms. The molecule has 0 saturated carbocycles. The average Bonchev–Trinajstić information content (AvgIpc) is 2.70. The van der Waals surface area contributed by atoms with E-state index in [4.69, 9.17) is 0 Å². The highest BCUT2D eigenvalue weighted by Crippen LogP contribution is 2.45. The van der Waals surface area contributed by atoms with Crippen molar-refractivity contribution < 1.29 is 14.0 Å². The van der Waals surface area contributed by atoms with Crippen LogP contribution in [0.5, 0.6) is 0 Å². The Morgan fingerprint density at radius 2 is 2.12 bits per heavy atom. The van der Waals surface area contributed by atoms with Gasteiger partial charge in [-0.05, 0) is 32.3 Å². The molecule has 1 aromatic rings. The molecule has 2 amide bonds. The van der Waals surface area contributed by atoms with E-state index in [0.717, 1.165) is 12.8 Å². The molecule has 5 nitrogen and oxygen atoms in total. The van der Waals surface area contributed by atoms with Gasteiger partial charge in [-0.3, -0.25) is 14.5 Å². The van der Waals surface area contributed by atoms with E-state index in [-0.39, 0.29) is 36.3 Å². The second kappa shape index (κ2) is 6.75. The van der Waals surface area contributed by atoms with Crippen molar-refractivity contribution in [1.82, 2.24) is 15.1 Å². The third kappa shape index (κ3) is 3.40. The Labute approximate surface area is 148 Å². The van der Waals surface area contributed by atoms with E-state index in [1.54, 1.807) is 31.1 Å². The van der Waals surface area contributed by atoms with Crippen LogP contribution in [0.1, 0.15) is 44.2 Å². The maximum absolute atomic E-state index is 14.5. The van der Waals surface area contributed by atoms with Gasteiger partial charge in [-0.1, -0.05) is 18.2 Å². The molecule has 0 spiro atoms. The second-order valence-corrected chi connectivity index (χ2v) is 7.58. The minimum Gasteiger partial charge on any atom is -0.349 e. The molecule has 2 saturated heterocycles. The summed E-state index contributed by atoms with van der Waals surface area (Å²) in [6.45, 7) is 2.25. The fraction of sp³-hybridized carbons (Fsp3) is 0.579. The van der Waals surface area contributed by atoms with E-state index in [0.29, 0.717) is 18.4 Å². The van der Waals surface area contributed by atoms with Crippen molar-refractivity contribution >= 4 is 11.8 Å². The lowest BCUT2D eigenvalue weighted by Gasteiger charge is -2.35. The van der Waals surface area contributed by atoms with Gasteiger partial charge < -0.3 is 10.2 Å². The predicted octanol–water partition coefficient (Wildman–Crippen LogP) is 2.09. The first-order chi connectivity index (χ1) is 11.8. The fourth-order valence-corrected chi connectivity index (χ4v) is 4.25. The van der Waals surface area contributed by atoms with Gasteiger partial charge in [0, 0.05) is 38.2 Å². The Hall–Kier alpha value is -1.95. The lowest BCUT2D eigenvalue weighted by molar-refractivity contribution is -0.130. The molecule has 3 atom stereocenters. The minimum atomic E-state index is -0.451. The molecule has 1 N–H and O–H groups in total. The van der Waals surface area contributed by atoms with Crippen LogP contribution in [0.25, 0.3) is 0 Å². The second-order valence-electron chi connectivity index (χ2n) is 7.58. The molecule has 25 heavy (non-hydrogen) atoms. The van der Waals surface area contributed by atoms with Crippen LogP contribution in [0.2, 0.25) is 0 Å². The Kier molecular flexibility index (Phi) is 4.82. The van der Waals surface area contributed by atoms with E-state index in [2.05, 4.69) is 10.2 Å². The largest absolute Gasteiger partial charge is 0.349 e. The number of halogens is 1. The van der Waals surface area contributed by atoms with Crippen molar-refractivity contribution in [2.75, 3.05) is 20.6 Å². The monoisotopic (exact) mass is 347 g/mol. The lowest BCUT2D eigenvalue weighted by atomic mass is 9.88. The molecule has 2 fully saturated rings. The number of likely N-dealkylation sites (tertiary alicyclic amines) is 1. The number of benzene rings is 1. The topological polar surface area (TPSA) is 52.7 Å². The molecule has 0 radical (unpaired) electrons. The summed E-state index contributed by atoms with van der Waals surface area (Å²) in [5, 5.41) is 3.14. The maximum atomic E-state index is 14.5. The van der Waals surface area contributed by atoms with E-state index in [9.17, 15) is 14.0 Å². The molecule has 2 aliphatic rings. The molecule has 6 heteroatoms. The van der Waals surface area contributed by atoms with Crippen LogP contribution < -0.4 is 5.32 Å². The number of nitrogens with one attached hydrogen (secondary N) is 1. The molecule has 0 aliphatic carbocycles. The van der Waals surface area contributed by atoms with Crippen LogP contribution in [0, 0.1) is 5.82 Å². The Morgan fingerprint density at radius 3 is 2.80 bits per heavy atom. The summed E-state index contributed by atoms with van der Waals surface area (Å²) in [7, 11) is 3.45. The number of hydrogen-bond donors (Lipinski definition) is 1. The third-order valence-electron chi connectivity index (χ3n) is 5.54. The summed E-state index contributed by atoms with van der Waals surface area (Å²) < 4.78 is 14.5. The zero-order valence-electron chi connectivity index (χ0n) is 15.1. The molecule has 2 aliphatic heterocycles. The molecule has 0 aromatic heterocycles. The zero-order chi connectivity index (χ0) is 18.2. The van der Waals surface area contributed by atoms with Crippen molar-refractivity contribution in [3.8, 4) is 0 Å². The van der Waals surface area contributed by atoms with Crippen LogP contribution in [0.15, 0.2) is 24.3 Å². The minimum absolute atomic E-state index is 0.0128. The lowest BCUT2D eigenvalue weighted by Crippen LogP contribution is -2.54. The number of fused-ring (bicyclic) bond motifs is 1. The van der Waals surface area contributed by atoms with Gasteiger partial charge in [-0.2, -0.15) is 0 Å². The van der Waals surface area contributed by atoms with Crippen LogP contribution >= 0.6 is 0 Å². The highest BCUT2D eigenvalue weighted by Gasteiger charge is 2.52. The van der Waals surface area contributed by atoms with Crippen molar-refractivity contribution in [2.45, 2.75) is 50.2 Å². The van der Waals surface area contributed by atoms with Gasteiger partial charge in [0.2, 0.25) is 11.8 Å².